The van der Waals surface area contributed by atoms with Crippen LogP contribution in [0.5, 0.6) is 5.75 Å². The summed E-state index contributed by atoms with van der Waals surface area (Å²) in [6, 6.07) is 32.5. The second-order valence-corrected chi connectivity index (χ2v) is 10.5. The van der Waals surface area contributed by atoms with Crippen molar-refractivity contribution in [1.29, 1.82) is 0 Å². The first-order valence-electron chi connectivity index (χ1n) is 13.5. The summed E-state index contributed by atoms with van der Waals surface area (Å²) in [5, 5.41) is 10.4. The van der Waals surface area contributed by atoms with E-state index in [1.165, 1.54) is 6.20 Å². The number of carbonyl (C=O) groups excluding carboxylic acids is 2. The first kappa shape index (κ1) is 27.1. The summed E-state index contributed by atoms with van der Waals surface area (Å²) in [7, 11) is 0. The van der Waals surface area contributed by atoms with Crippen LogP contribution in [0.3, 0.4) is 0 Å². The van der Waals surface area contributed by atoms with Gasteiger partial charge in [0.25, 0.3) is 5.91 Å². The van der Waals surface area contributed by atoms with E-state index in [1.807, 2.05) is 48.5 Å². The van der Waals surface area contributed by atoms with Crippen LogP contribution in [0.2, 0.25) is 5.02 Å². The van der Waals surface area contributed by atoms with Crippen molar-refractivity contribution in [3.05, 3.63) is 149 Å². The summed E-state index contributed by atoms with van der Waals surface area (Å²) in [6.45, 7) is 0.276. The van der Waals surface area contributed by atoms with Gasteiger partial charge in [0.15, 0.2) is 5.78 Å². The van der Waals surface area contributed by atoms with E-state index in [4.69, 9.17) is 16.6 Å². The van der Waals surface area contributed by atoms with Gasteiger partial charge in [0.05, 0.1) is 17.9 Å². The number of aromatic nitrogens is 1. The van der Waals surface area contributed by atoms with Gasteiger partial charge < -0.3 is 10.0 Å². The predicted molar refractivity (Wildman–Crippen MR) is 165 cm³/mol. The molecule has 0 spiro atoms. The number of benzodiazepines with no additional fused rings is 1. The van der Waals surface area contributed by atoms with Crippen molar-refractivity contribution in [2.75, 3.05) is 4.90 Å². The summed E-state index contributed by atoms with van der Waals surface area (Å²) in [6.07, 6.45) is 2.96. The zero-order valence-corrected chi connectivity index (χ0v) is 23.3. The van der Waals surface area contributed by atoms with E-state index < -0.39 is 6.04 Å². The van der Waals surface area contributed by atoms with Gasteiger partial charge in [-0.2, -0.15) is 0 Å². The molecule has 0 bridgehead atoms. The van der Waals surface area contributed by atoms with Crippen molar-refractivity contribution < 1.29 is 14.7 Å². The number of pyridine rings is 1. The van der Waals surface area contributed by atoms with Crippen LogP contribution in [0, 0.1) is 0 Å². The normalized spacial score (nSPS) is 14.6. The number of fused-ring (bicyclic) bond motifs is 1. The fourth-order valence-electron chi connectivity index (χ4n) is 5.09. The third-order valence-electron chi connectivity index (χ3n) is 7.25. The highest BCUT2D eigenvalue weighted by Crippen LogP contribution is 2.33. The molecule has 0 aliphatic carbocycles. The number of phenols is 1. The van der Waals surface area contributed by atoms with Crippen LogP contribution in [0.4, 0.5) is 5.69 Å². The molecular weight excluding hydrogens is 546 g/mol. The molecule has 6 rings (SSSR count). The number of nitrogens with zero attached hydrogens (tertiary/aromatic N) is 3. The number of aromatic hydroxyl groups is 1. The Kier molecular flexibility index (Phi) is 7.62. The monoisotopic (exact) mass is 571 g/mol. The topological polar surface area (TPSA) is 82.9 Å². The summed E-state index contributed by atoms with van der Waals surface area (Å²) < 4.78 is 0. The Balaban J connectivity index is 1.42. The zero-order valence-electron chi connectivity index (χ0n) is 22.5. The molecule has 206 valence electrons. The number of hydrogen-bond acceptors (Lipinski definition) is 5. The van der Waals surface area contributed by atoms with E-state index in [0.29, 0.717) is 33.1 Å². The first-order chi connectivity index (χ1) is 20.5. The van der Waals surface area contributed by atoms with Gasteiger partial charge in [-0.1, -0.05) is 66.2 Å². The molecule has 1 aliphatic heterocycles. The van der Waals surface area contributed by atoms with Crippen molar-refractivity contribution >= 4 is 34.7 Å². The Labute approximate surface area is 248 Å². The highest BCUT2D eigenvalue weighted by molar-refractivity contribution is 6.32. The lowest BCUT2D eigenvalue weighted by Gasteiger charge is -2.25. The van der Waals surface area contributed by atoms with Crippen molar-refractivity contribution in [1.82, 2.24) is 4.98 Å². The highest BCUT2D eigenvalue weighted by Gasteiger charge is 2.34. The lowest BCUT2D eigenvalue weighted by atomic mass is 9.99. The Bertz CT molecular complexity index is 1770. The molecule has 0 saturated carbocycles. The molecule has 1 N–H and O–H groups in total. The van der Waals surface area contributed by atoms with Crippen molar-refractivity contribution in [2.24, 2.45) is 4.99 Å². The fourth-order valence-corrected chi connectivity index (χ4v) is 5.27. The van der Waals surface area contributed by atoms with Gasteiger partial charge in [0.1, 0.15) is 11.8 Å². The molecule has 1 aliphatic rings. The van der Waals surface area contributed by atoms with Crippen LogP contribution in [0.1, 0.15) is 33.5 Å². The number of aliphatic imine (C=N–C) groups is 1. The largest absolute Gasteiger partial charge is 0.508 e. The minimum Gasteiger partial charge on any atom is -0.508 e. The number of carbonyl (C=O) groups is 2. The number of Topliss-reactive ketones (excluding diaryl/α,β-unsaturated/α-hetero) is 1. The van der Waals surface area contributed by atoms with Crippen molar-refractivity contribution in [2.45, 2.75) is 19.0 Å². The number of phenolic OH excluding ortho intramolecular Hbond substituents is 1. The van der Waals surface area contributed by atoms with Crippen molar-refractivity contribution in [3.8, 4) is 16.9 Å². The van der Waals surface area contributed by atoms with Gasteiger partial charge in [-0.05, 0) is 71.3 Å². The quantitative estimate of drug-likeness (QED) is 0.211. The summed E-state index contributed by atoms with van der Waals surface area (Å²) in [4.78, 5) is 38.2. The van der Waals surface area contributed by atoms with Crippen LogP contribution in [0.25, 0.3) is 11.1 Å². The minimum atomic E-state index is -0.990. The van der Waals surface area contributed by atoms with Gasteiger partial charge in [0, 0.05) is 40.5 Å². The molecule has 7 heteroatoms. The van der Waals surface area contributed by atoms with E-state index in [-0.39, 0.29) is 30.4 Å². The smallest absolute Gasteiger partial charge is 0.252 e. The molecule has 1 aromatic heterocycles. The SMILES string of the molecule is O=C(CC1N=C(c2ccc(O)cc2)c2cc(Cl)ccc2N(Cc2ccc(-c3ccccc3)cc2)C1=O)c1cccnc1. The molecule has 6 nitrogen and oxygen atoms in total. The van der Waals surface area contributed by atoms with Gasteiger partial charge in [0.2, 0.25) is 0 Å². The number of hydrogen-bond donors (Lipinski definition) is 1. The molecule has 0 fully saturated rings. The Morgan fingerprint density at radius 2 is 1.55 bits per heavy atom. The van der Waals surface area contributed by atoms with Crippen LogP contribution in [-0.2, 0) is 11.3 Å². The molecular formula is C35H26ClN3O3. The highest BCUT2D eigenvalue weighted by atomic mass is 35.5. The molecule has 0 radical (unpaired) electrons. The van der Waals surface area contributed by atoms with Crippen LogP contribution < -0.4 is 4.90 Å². The predicted octanol–water partition coefficient (Wildman–Crippen LogP) is 7.13. The van der Waals surface area contributed by atoms with Crippen LogP contribution in [-0.4, -0.2) is 33.5 Å². The average Bonchev–Trinajstić information content (AvgIpc) is 3.13. The molecule has 2 heterocycles. The summed E-state index contributed by atoms with van der Waals surface area (Å²) in [5.74, 6) is -0.414. The van der Waals surface area contributed by atoms with Gasteiger partial charge in [-0.25, -0.2) is 0 Å². The molecule has 1 atom stereocenters. The lowest BCUT2D eigenvalue weighted by molar-refractivity contribution is -0.119. The van der Waals surface area contributed by atoms with E-state index in [0.717, 1.165) is 16.7 Å². The Morgan fingerprint density at radius 1 is 0.833 bits per heavy atom. The Morgan fingerprint density at radius 3 is 2.26 bits per heavy atom. The first-order valence-corrected chi connectivity index (χ1v) is 13.9. The van der Waals surface area contributed by atoms with E-state index >= 15 is 0 Å². The summed E-state index contributed by atoms with van der Waals surface area (Å²) in [5.41, 5.74) is 6.04. The van der Waals surface area contributed by atoms with Crippen molar-refractivity contribution in [3.63, 3.8) is 0 Å². The molecule has 4 aromatic carbocycles. The molecule has 5 aromatic rings. The average molecular weight is 572 g/mol. The van der Waals surface area contributed by atoms with Gasteiger partial charge in [-0.3, -0.25) is 19.6 Å². The van der Waals surface area contributed by atoms with Crippen LogP contribution in [0.15, 0.2) is 127 Å². The molecule has 1 unspecified atom stereocenters. The number of halogens is 1. The standard InChI is InChI=1S/C35H26ClN3O3/c36-28-14-17-32-30(19-28)34(26-12-15-29(40)16-13-26)38-31(20-33(41)27-7-4-18-37-21-27)35(42)39(32)22-23-8-10-25(11-9-23)24-5-2-1-3-6-24/h1-19,21,31,40H,20,22H2. The zero-order chi connectivity index (χ0) is 29.1. The molecule has 42 heavy (non-hydrogen) atoms. The third-order valence-corrected chi connectivity index (χ3v) is 7.48. The molecule has 0 saturated heterocycles. The number of rotatable bonds is 7. The van der Waals surface area contributed by atoms with E-state index in [9.17, 15) is 14.7 Å². The molecule has 1 amide bonds. The second-order valence-electron chi connectivity index (χ2n) is 10.1. The van der Waals surface area contributed by atoms with Gasteiger partial charge in [-0.15, -0.1) is 0 Å². The number of ketones is 1. The Hall–Kier alpha value is -5.07. The summed E-state index contributed by atoms with van der Waals surface area (Å²) >= 11 is 6.47. The second kappa shape index (κ2) is 11.8. The maximum Gasteiger partial charge on any atom is 0.252 e. The maximum absolute atomic E-state index is 14.3. The maximum atomic E-state index is 14.3. The minimum absolute atomic E-state index is 0.110. The lowest BCUT2D eigenvalue weighted by Crippen LogP contribution is -2.38. The number of benzene rings is 4. The van der Waals surface area contributed by atoms with E-state index in [1.54, 1.807) is 59.6 Å². The van der Waals surface area contributed by atoms with Gasteiger partial charge >= 0.3 is 0 Å². The van der Waals surface area contributed by atoms with Crippen LogP contribution >= 0.6 is 11.6 Å². The fraction of sp³-hybridized carbons (Fsp3) is 0.0857. The third kappa shape index (κ3) is 5.71. The number of anilines is 1. The van der Waals surface area contributed by atoms with E-state index in [2.05, 4.69) is 17.1 Å². The number of amides is 1.